The molecule has 0 fully saturated rings. The van der Waals surface area contributed by atoms with Gasteiger partial charge >= 0.3 is 0 Å². The van der Waals surface area contributed by atoms with Crippen LogP contribution in [0.5, 0.6) is 0 Å². The average molecular weight is 363 g/mol. The molecule has 0 heterocycles. The first-order valence-electron chi connectivity index (χ1n) is 7.87. The van der Waals surface area contributed by atoms with Crippen LogP contribution in [-0.2, 0) is 11.3 Å². The highest BCUT2D eigenvalue weighted by molar-refractivity contribution is 6.31. The smallest absolute Gasteiger partial charge is 0.292 e. The number of aryl methyl sites for hydroxylation is 2. The molecule has 2 aromatic carbocycles. The van der Waals surface area contributed by atoms with Gasteiger partial charge in [0.1, 0.15) is 12.2 Å². The van der Waals surface area contributed by atoms with Gasteiger partial charge < -0.3 is 10.2 Å². The predicted octanol–water partition coefficient (Wildman–Crippen LogP) is 2.52. The lowest BCUT2D eigenvalue weighted by Crippen LogP contribution is -3.08. The first-order chi connectivity index (χ1) is 11.8. The number of nitrogens with one attached hydrogen (secondary N) is 2. The van der Waals surface area contributed by atoms with E-state index >= 15 is 0 Å². The van der Waals surface area contributed by atoms with E-state index in [1.165, 1.54) is 34.9 Å². The van der Waals surface area contributed by atoms with E-state index in [2.05, 4.69) is 17.4 Å². The lowest BCUT2D eigenvalue weighted by molar-refractivity contribution is -0.885. The molecule has 0 aromatic heterocycles. The highest BCUT2D eigenvalue weighted by Gasteiger charge is 2.18. The Labute approximate surface area is 151 Å². The third kappa shape index (κ3) is 5.27. The van der Waals surface area contributed by atoms with Crippen molar-refractivity contribution in [1.82, 2.24) is 0 Å². The summed E-state index contributed by atoms with van der Waals surface area (Å²) < 4.78 is 0. The number of carbonyl (C=O) groups excluding carboxylic acids is 1. The first kappa shape index (κ1) is 18.9. The Bertz CT molecular complexity index is 808. The summed E-state index contributed by atoms with van der Waals surface area (Å²) in [4.78, 5) is 23.7. The van der Waals surface area contributed by atoms with E-state index in [4.69, 9.17) is 11.6 Å². The van der Waals surface area contributed by atoms with Crippen molar-refractivity contribution in [2.75, 3.05) is 18.9 Å². The number of halogens is 1. The topological polar surface area (TPSA) is 76.7 Å². The Hall–Kier alpha value is -2.44. The number of hydrogen-bond donors (Lipinski definition) is 2. The molecule has 0 saturated carbocycles. The molecule has 132 valence electrons. The van der Waals surface area contributed by atoms with Crippen LogP contribution >= 0.6 is 11.6 Å². The minimum Gasteiger partial charge on any atom is -0.326 e. The zero-order valence-corrected chi connectivity index (χ0v) is 15.2. The van der Waals surface area contributed by atoms with Gasteiger partial charge in [0.05, 0.1) is 12.0 Å². The van der Waals surface area contributed by atoms with Crippen LogP contribution in [0.1, 0.15) is 16.7 Å². The second-order valence-electron chi connectivity index (χ2n) is 6.21. The van der Waals surface area contributed by atoms with E-state index in [1.54, 1.807) is 0 Å². The van der Waals surface area contributed by atoms with Crippen LogP contribution < -0.4 is 10.2 Å². The van der Waals surface area contributed by atoms with Crippen LogP contribution in [0.25, 0.3) is 0 Å². The minimum absolute atomic E-state index is 0.113. The van der Waals surface area contributed by atoms with Gasteiger partial charge in [0.2, 0.25) is 0 Å². The molecule has 0 aliphatic heterocycles. The Morgan fingerprint density at radius 2 is 1.96 bits per heavy atom. The summed E-state index contributed by atoms with van der Waals surface area (Å²) in [6, 6.07) is 10.3. The number of hydrogen-bond acceptors (Lipinski definition) is 3. The van der Waals surface area contributed by atoms with E-state index in [-0.39, 0.29) is 23.8 Å². The number of quaternary nitrogens is 1. The van der Waals surface area contributed by atoms with Gasteiger partial charge in [0, 0.05) is 16.7 Å². The molecule has 6 nitrogen and oxygen atoms in total. The Kier molecular flexibility index (Phi) is 6.12. The van der Waals surface area contributed by atoms with Crippen molar-refractivity contribution in [3.63, 3.8) is 0 Å². The molecule has 2 N–H and O–H groups in total. The highest BCUT2D eigenvalue weighted by Crippen LogP contribution is 2.27. The number of carbonyl (C=O) groups is 1. The van der Waals surface area contributed by atoms with Crippen LogP contribution in [-0.4, -0.2) is 24.4 Å². The van der Waals surface area contributed by atoms with Crippen molar-refractivity contribution in [2.45, 2.75) is 20.4 Å². The normalized spacial score (nSPS) is 11.8. The molecule has 0 saturated heterocycles. The molecule has 0 bridgehead atoms. The minimum atomic E-state index is -0.543. The number of likely N-dealkylation sites (N-methyl/N-ethyl adjacent to an activating group) is 1. The molecule has 7 heteroatoms. The summed E-state index contributed by atoms with van der Waals surface area (Å²) in [6.45, 7) is 4.97. The Morgan fingerprint density at radius 3 is 2.60 bits per heavy atom. The fraction of sp³-hybridized carbons (Fsp3) is 0.278. The average Bonchev–Trinajstić information content (AvgIpc) is 2.49. The summed E-state index contributed by atoms with van der Waals surface area (Å²) in [7, 11) is 1.91. The van der Waals surface area contributed by atoms with Gasteiger partial charge in [-0.1, -0.05) is 35.4 Å². The summed E-state index contributed by atoms with van der Waals surface area (Å²) in [5, 5.41) is 14.0. The number of anilines is 1. The van der Waals surface area contributed by atoms with Crippen LogP contribution in [0.15, 0.2) is 36.4 Å². The molecule has 1 unspecified atom stereocenters. The van der Waals surface area contributed by atoms with Crippen molar-refractivity contribution in [3.05, 3.63) is 68.2 Å². The second kappa shape index (κ2) is 8.09. The predicted molar refractivity (Wildman–Crippen MR) is 98.1 cm³/mol. The number of nitrogens with zero attached hydrogens (tertiary/aromatic N) is 1. The third-order valence-corrected chi connectivity index (χ3v) is 4.12. The fourth-order valence-corrected chi connectivity index (χ4v) is 2.84. The van der Waals surface area contributed by atoms with Crippen LogP contribution in [0, 0.1) is 24.0 Å². The molecule has 25 heavy (non-hydrogen) atoms. The number of amides is 1. The standard InChI is InChI=1S/C18H20ClN3O3/c1-12-4-5-14(13(2)8-12)10-21(3)11-18(23)20-16-9-15(19)6-7-17(16)22(24)25/h4-9H,10-11H2,1-3H3,(H,20,23)/p+1. The second-order valence-corrected chi connectivity index (χ2v) is 6.64. The van der Waals surface area contributed by atoms with Gasteiger partial charge in [-0.2, -0.15) is 0 Å². The van der Waals surface area contributed by atoms with Gasteiger partial charge in [-0.05, 0) is 31.5 Å². The molecule has 1 amide bonds. The lowest BCUT2D eigenvalue weighted by Gasteiger charge is -2.15. The quantitative estimate of drug-likeness (QED) is 0.612. The molecule has 0 aliphatic rings. The number of nitro benzene ring substituents is 1. The molecular formula is C18H21ClN3O3+. The van der Waals surface area contributed by atoms with E-state index in [0.717, 1.165) is 4.90 Å². The monoisotopic (exact) mass is 362 g/mol. The van der Waals surface area contributed by atoms with Crippen molar-refractivity contribution in [3.8, 4) is 0 Å². The third-order valence-electron chi connectivity index (χ3n) is 3.88. The first-order valence-corrected chi connectivity index (χ1v) is 8.25. The van der Waals surface area contributed by atoms with E-state index in [1.807, 2.05) is 27.0 Å². The van der Waals surface area contributed by atoms with Gasteiger partial charge in [-0.25, -0.2) is 0 Å². The number of benzene rings is 2. The van der Waals surface area contributed by atoms with Crippen molar-refractivity contribution in [1.29, 1.82) is 0 Å². The van der Waals surface area contributed by atoms with Crippen LogP contribution in [0.2, 0.25) is 5.02 Å². The fourth-order valence-electron chi connectivity index (χ4n) is 2.67. The van der Waals surface area contributed by atoms with Gasteiger partial charge in [-0.15, -0.1) is 0 Å². The van der Waals surface area contributed by atoms with Gasteiger partial charge in [0.15, 0.2) is 6.54 Å². The molecule has 0 spiro atoms. The molecular weight excluding hydrogens is 342 g/mol. The van der Waals surface area contributed by atoms with Crippen molar-refractivity contribution < 1.29 is 14.6 Å². The number of rotatable bonds is 6. The van der Waals surface area contributed by atoms with E-state index < -0.39 is 4.92 Å². The molecule has 2 rings (SSSR count). The maximum Gasteiger partial charge on any atom is 0.292 e. The Balaban J connectivity index is 2.02. The summed E-state index contributed by atoms with van der Waals surface area (Å²) >= 11 is 5.87. The highest BCUT2D eigenvalue weighted by atomic mass is 35.5. The van der Waals surface area contributed by atoms with E-state index in [0.29, 0.717) is 11.6 Å². The van der Waals surface area contributed by atoms with Gasteiger partial charge in [0.25, 0.3) is 11.6 Å². The van der Waals surface area contributed by atoms with Crippen molar-refractivity contribution >= 4 is 28.9 Å². The molecule has 0 aliphatic carbocycles. The SMILES string of the molecule is Cc1ccc(C[NH+](C)CC(=O)Nc2cc(Cl)ccc2[N+](=O)[O-])c(C)c1. The molecule has 1 atom stereocenters. The maximum atomic E-state index is 12.2. The maximum absolute atomic E-state index is 12.2. The summed E-state index contributed by atoms with van der Waals surface area (Å²) in [6.07, 6.45) is 0. The Morgan fingerprint density at radius 1 is 1.24 bits per heavy atom. The van der Waals surface area contributed by atoms with Crippen molar-refractivity contribution in [2.24, 2.45) is 0 Å². The molecule has 0 radical (unpaired) electrons. The summed E-state index contributed by atoms with van der Waals surface area (Å²) in [5.41, 5.74) is 3.49. The van der Waals surface area contributed by atoms with Crippen LogP contribution in [0.4, 0.5) is 11.4 Å². The van der Waals surface area contributed by atoms with Crippen LogP contribution in [0.3, 0.4) is 0 Å². The zero-order valence-electron chi connectivity index (χ0n) is 14.4. The summed E-state index contributed by atoms with van der Waals surface area (Å²) in [5.74, 6) is -0.298. The molecule has 2 aromatic rings. The zero-order chi connectivity index (χ0) is 18.6. The largest absolute Gasteiger partial charge is 0.326 e. The number of nitro groups is 1. The van der Waals surface area contributed by atoms with Gasteiger partial charge in [-0.3, -0.25) is 14.9 Å². The van der Waals surface area contributed by atoms with E-state index in [9.17, 15) is 14.9 Å². The lowest BCUT2D eigenvalue weighted by atomic mass is 10.1.